The molecule has 0 heterocycles. The molecular formula is C16H15N. The molecule has 0 aromatic heterocycles. The highest BCUT2D eigenvalue weighted by atomic mass is 14.5. The summed E-state index contributed by atoms with van der Waals surface area (Å²) < 4.78 is 0. The van der Waals surface area contributed by atoms with E-state index in [1.54, 1.807) is 0 Å². The lowest BCUT2D eigenvalue weighted by Gasteiger charge is -1.96. The van der Waals surface area contributed by atoms with Crippen molar-refractivity contribution in [2.75, 3.05) is 5.73 Å². The first-order valence-corrected chi connectivity index (χ1v) is 5.75. The second-order valence-electron chi connectivity index (χ2n) is 3.89. The molecule has 2 rings (SSSR count). The van der Waals surface area contributed by atoms with Crippen LogP contribution in [0.4, 0.5) is 5.69 Å². The largest absolute Gasteiger partial charge is 0.398 e. The summed E-state index contributed by atoms with van der Waals surface area (Å²) in [6.45, 7) is 2.14. The van der Waals surface area contributed by atoms with Gasteiger partial charge in [-0.15, -0.1) is 0 Å². The van der Waals surface area contributed by atoms with Gasteiger partial charge in [0, 0.05) is 16.8 Å². The van der Waals surface area contributed by atoms with Gasteiger partial charge in [-0.1, -0.05) is 43.0 Å². The molecule has 2 aromatic rings. The lowest BCUT2D eigenvalue weighted by molar-refractivity contribution is 1.14. The van der Waals surface area contributed by atoms with Crippen LogP contribution in [0.1, 0.15) is 23.6 Å². The highest BCUT2D eigenvalue weighted by Gasteiger charge is 1.92. The maximum Gasteiger partial charge on any atom is 0.0478 e. The van der Waals surface area contributed by atoms with Gasteiger partial charge in [-0.3, -0.25) is 0 Å². The molecule has 0 fully saturated rings. The van der Waals surface area contributed by atoms with Crippen LogP contribution in [-0.4, -0.2) is 0 Å². The van der Waals surface area contributed by atoms with Crippen LogP contribution in [0.25, 0.3) is 0 Å². The summed E-state index contributed by atoms with van der Waals surface area (Å²) in [6.07, 6.45) is 1.05. The summed E-state index contributed by atoms with van der Waals surface area (Å²) in [5, 5.41) is 0. The molecule has 1 nitrogen and oxygen atoms in total. The van der Waals surface area contributed by atoms with E-state index in [9.17, 15) is 0 Å². The molecule has 0 aliphatic carbocycles. The van der Waals surface area contributed by atoms with Gasteiger partial charge in [-0.2, -0.15) is 0 Å². The molecule has 0 atom stereocenters. The second kappa shape index (κ2) is 5.23. The first kappa shape index (κ1) is 11.3. The van der Waals surface area contributed by atoms with E-state index >= 15 is 0 Å². The third kappa shape index (κ3) is 2.89. The number of nitrogens with two attached hydrogens (primary N) is 1. The molecule has 17 heavy (non-hydrogen) atoms. The number of nitrogen functional groups attached to an aromatic ring is 1. The standard InChI is InChI=1S/C16H15N/c1-2-13-7-9-14(10-8-13)11-12-15-5-3-4-6-16(15)17/h3-10H,2,17H2,1H3. The van der Waals surface area contributed by atoms with Crippen LogP contribution in [0.15, 0.2) is 48.5 Å². The van der Waals surface area contributed by atoms with Crippen LogP contribution in [0.3, 0.4) is 0 Å². The number of rotatable bonds is 1. The molecule has 84 valence electrons. The Morgan fingerprint density at radius 1 is 0.941 bits per heavy atom. The van der Waals surface area contributed by atoms with E-state index in [1.165, 1.54) is 5.56 Å². The number of anilines is 1. The van der Waals surface area contributed by atoms with E-state index in [-0.39, 0.29) is 0 Å². The van der Waals surface area contributed by atoms with E-state index in [0.717, 1.165) is 23.2 Å². The zero-order chi connectivity index (χ0) is 12.1. The van der Waals surface area contributed by atoms with Crippen molar-refractivity contribution in [2.45, 2.75) is 13.3 Å². The molecule has 0 amide bonds. The number of hydrogen-bond acceptors (Lipinski definition) is 1. The SMILES string of the molecule is CCc1ccc(C#Cc2ccccc2N)cc1. The Labute approximate surface area is 102 Å². The lowest BCUT2D eigenvalue weighted by atomic mass is 10.1. The van der Waals surface area contributed by atoms with Gasteiger partial charge in [-0.25, -0.2) is 0 Å². The number of hydrogen-bond donors (Lipinski definition) is 1. The van der Waals surface area contributed by atoms with Crippen LogP contribution >= 0.6 is 0 Å². The molecule has 0 radical (unpaired) electrons. The minimum Gasteiger partial charge on any atom is -0.398 e. The average Bonchev–Trinajstić information content (AvgIpc) is 2.38. The van der Waals surface area contributed by atoms with E-state index in [0.29, 0.717) is 0 Å². The molecule has 0 saturated heterocycles. The monoisotopic (exact) mass is 221 g/mol. The zero-order valence-corrected chi connectivity index (χ0v) is 9.90. The van der Waals surface area contributed by atoms with Crippen molar-refractivity contribution < 1.29 is 0 Å². The predicted octanol–water partition coefficient (Wildman–Crippen LogP) is 3.23. The molecule has 0 unspecified atom stereocenters. The fraction of sp³-hybridized carbons (Fsp3) is 0.125. The van der Waals surface area contributed by atoms with Crippen molar-refractivity contribution in [2.24, 2.45) is 0 Å². The Bertz CT molecular complexity index is 556. The van der Waals surface area contributed by atoms with E-state index < -0.39 is 0 Å². The summed E-state index contributed by atoms with van der Waals surface area (Å²) in [7, 11) is 0. The molecule has 1 heteroatoms. The Morgan fingerprint density at radius 3 is 2.29 bits per heavy atom. The number of para-hydroxylation sites is 1. The topological polar surface area (TPSA) is 26.0 Å². The van der Waals surface area contributed by atoms with Crippen molar-refractivity contribution in [1.82, 2.24) is 0 Å². The van der Waals surface area contributed by atoms with Gasteiger partial charge in [-0.05, 0) is 36.2 Å². The number of benzene rings is 2. The van der Waals surface area contributed by atoms with Gasteiger partial charge in [0.25, 0.3) is 0 Å². The van der Waals surface area contributed by atoms with Crippen molar-refractivity contribution >= 4 is 5.69 Å². The number of aryl methyl sites for hydroxylation is 1. The summed E-state index contributed by atoms with van der Waals surface area (Å²) in [6, 6.07) is 16.0. The maximum absolute atomic E-state index is 5.83. The first-order valence-electron chi connectivity index (χ1n) is 5.75. The zero-order valence-electron chi connectivity index (χ0n) is 9.90. The third-order valence-electron chi connectivity index (χ3n) is 2.66. The molecule has 2 N–H and O–H groups in total. The predicted molar refractivity (Wildman–Crippen MR) is 72.7 cm³/mol. The quantitative estimate of drug-likeness (QED) is 0.580. The molecule has 0 aliphatic rings. The van der Waals surface area contributed by atoms with Crippen LogP contribution in [-0.2, 0) is 6.42 Å². The molecule has 0 saturated carbocycles. The van der Waals surface area contributed by atoms with Gasteiger partial charge in [0.1, 0.15) is 0 Å². The molecule has 0 bridgehead atoms. The van der Waals surface area contributed by atoms with Crippen molar-refractivity contribution in [1.29, 1.82) is 0 Å². The molecule has 0 spiro atoms. The minimum absolute atomic E-state index is 0.727. The van der Waals surface area contributed by atoms with Crippen molar-refractivity contribution in [3.8, 4) is 11.8 Å². The van der Waals surface area contributed by atoms with Crippen LogP contribution in [0.5, 0.6) is 0 Å². The van der Waals surface area contributed by atoms with E-state index in [2.05, 4.69) is 30.9 Å². The summed E-state index contributed by atoms with van der Waals surface area (Å²) in [5.74, 6) is 6.21. The third-order valence-corrected chi connectivity index (χ3v) is 2.66. The minimum atomic E-state index is 0.727. The summed E-state index contributed by atoms with van der Waals surface area (Å²) in [4.78, 5) is 0. The van der Waals surface area contributed by atoms with Gasteiger partial charge < -0.3 is 5.73 Å². The maximum atomic E-state index is 5.83. The molecule has 0 aliphatic heterocycles. The highest BCUT2D eigenvalue weighted by molar-refractivity contribution is 5.57. The summed E-state index contributed by atoms with van der Waals surface area (Å²) in [5.41, 5.74) is 9.78. The Morgan fingerprint density at radius 2 is 1.65 bits per heavy atom. The fourth-order valence-electron chi connectivity index (χ4n) is 1.57. The van der Waals surface area contributed by atoms with Gasteiger partial charge >= 0.3 is 0 Å². The van der Waals surface area contributed by atoms with E-state index in [4.69, 9.17) is 5.73 Å². The van der Waals surface area contributed by atoms with E-state index in [1.807, 2.05) is 36.4 Å². The van der Waals surface area contributed by atoms with Crippen LogP contribution < -0.4 is 5.73 Å². The van der Waals surface area contributed by atoms with Crippen LogP contribution in [0, 0.1) is 11.8 Å². The van der Waals surface area contributed by atoms with Gasteiger partial charge in [0.15, 0.2) is 0 Å². The second-order valence-corrected chi connectivity index (χ2v) is 3.89. The van der Waals surface area contributed by atoms with Crippen molar-refractivity contribution in [3.05, 3.63) is 65.2 Å². The molecule has 2 aromatic carbocycles. The highest BCUT2D eigenvalue weighted by Crippen LogP contribution is 2.09. The Balaban J connectivity index is 2.24. The van der Waals surface area contributed by atoms with Crippen molar-refractivity contribution in [3.63, 3.8) is 0 Å². The fourth-order valence-corrected chi connectivity index (χ4v) is 1.57. The Hall–Kier alpha value is -2.20. The summed E-state index contributed by atoms with van der Waals surface area (Å²) >= 11 is 0. The first-order chi connectivity index (χ1) is 8.29. The van der Waals surface area contributed by atoms with Gasteiger partial charge in [0.05, 0.1) is 0 Å². The molecular weight excluding hydrogens is 206 g/mol. The lowest BCUT2D eigenvalue weighted by Crippen LogP contribution is -1.88. The van der Waals surface area contributed by atoms with Gasteiger partial charge in [0.2, 0.25) is 0 Å². The smallest absolute Gasteiger partial charge is 0.0478 e. The van der Waals surface area contributed by atoms with Crippen LogP contribution in [0.2, 0.25) is 0 Å². The Kier molecular flexibility index (Phi) is 3.47. The normalized spacial score (nSPS) is 9.47. The average molecular weight is 221 g/mol.